The molecule has 0 saturated carbocycles. The average Bonchev–Trinajstić information content (AvgIpc) is 2.39. The zero-order chi connectivity index (χ0) is 12.3. The second-order valence-electron chi connectivity index (χ2n) is 5.27. The number of ether oxygens (including phenoxy) is 1. The molecule has 5 heteroatoms. The highest BCUT2D eigenvalue weighted by Gasteiger charge is 2.39. The van der Waals surface area contributed by atoms with Crippen LogP contribution < -0.4 is 5.32 Å². The molecular formula is C12H22N2O3. The number of morpholine rings is 1. The minimum atomic E-state index is -0.282. The number of hydrogen-bond donors (Lipinski definition) is 2. The lowest BCUT2D eigenvalue weighted by molar-refractivity contribution is -0.151. The van der Waals surface area contributed by atoms with Gasteiger partial charge < -0.3 is 20.1 Å². The van der Waals surface area contributed by atoms with Crippen molar-refractivity contribution in [2.75, 3.05) is 39.4 Å². The molecule has 2 aliphatic rings. The van der Waals surface area contributed by atoms with E-state index in [2.05, 4.69) is 5.32 Å². The molecule has 98 valence electrons. The number of carbonyl (C=O) groups is 1. The smallest absolute Gasteiger partial charge is 0.229 e. The number of amides is 1. The summed E-state index contributed by atoms with van der Waals surface area (Å²) in [7, 11) is 0. The van der Waals surface area contributed by atoms with E-state index in [4.69, 9.17) is 9.84 Å². The van der Waals surface area contributed by atoms with Crippen molar-refractivity contribution in [1.82, 2.24) is 10.2 Å². The highest BCUT2D eigenvalue weighted by molar-refractivity contribution is 5.82. The lowest BCUT2D eigenvalue weighted by Gasteiger charge is -2.40. The highest BCUT2D eigenvalue weighted by Crippen LogP contribution is 2.28. The number of nitrogens with zero attached hydrogens (tertiary/aromatic N) is 1. The third-order valence-electron chi connectivity index (χ3n) is 3.74. The molecule has 0 bridgehead atoms. The molecule has 0 aliphatic carbocycles. The van der Waals surface area contributed by atoms with Crippen LogP contribution in [0.2, 0.25) is 0 Å². The molecule has 2 unspecified atom stereocenters. The first kappa shape index (κ1) is 12.8. The highest BCUT2D eigenvalue weighted by atomic mass is 16.5. The first-order chi connectivity index (χ1) is 8.15. The van der Waals surface area contributed by atoms with Crippen molar-refractivity contribution >= 4 is 5.91 Å². The quantitative estimate of drug-likeness (QED) is 0.691. The van der Waals surface area contributed by atoms with Gasteiger partial charge in [-0.2, -0.15) is 0 Å². The lowest BCUT2D eigenvalue weighted by atomic mass is 9.81. The van der Waals surface area contributed by atoms with Crippen molar-refractivity contribution in [1.29, 1.82) is 0 Å². The monoisotopic (exact) mass is 242 g/mol. The fraction of sp³-hybridized carbons (Fsp3) is 0.917. The van der Waals surface area contributed by atoms with Gasteiger partial charge in [-0.1, -0.05) is 0 Å². The molecular weight excluding hydrogens is 220 g/mol. The third kappa shape index (κ3) is 2.78. The summed E-state index contributed by atoms with van der Waals surface area (Å²) in [4.78, 5) is 14.3. The van der Waals surface area contributed by atoms with E-state index < -0.39 is 0 Å². The molecule has 0 aromatic carbocycles. The normalized spacial score (nSPS) is 34.7. The summed E-state index contributed by atoms with van der Waals surface area (Å²) >= 11 is 0. The number of nitrogens with one attached hydrogen (secondary N) is 1. The molecule has 1 amide bonds. The lowest BCUT2D eigenvalue weighted by Crippen LogP contribution is -2.55. The maximum absolute atomic E-state index is 12.5. The van der Waals surface area contributed by atoms with Crippen LogP contribution in [0, 0.1) is 5.41 Å². The average molecular weight is 242 g/mol. The Kier molecular flexibility index (Phi) is 4.01. The molecule has 2 atom stereocenters. The molecule has 2 fully saturated rings. The number of carbonyl (C=O) groups excluding carboxylic acids is 1. The van der Waals surface area contributed by atoms with E-state index in [9.17, 15) is 4.79 Å². The summed E-state index contributed by atoms with van der Waals surface area (Å²) in [6.45, 7) is 5.47. The second kappa shape index (κ2) is 5.33. The van der Waals surface area contributed by atoms with Crippen LogP contribution in [0.5, 0.6) is 0 Å². The zero-order valence-electron chi connectivity index (χ0n) is 10.4. The van der Waals surface area contributed by atoms with Gasteiger partial charge in [0.1, 0.15) is 0 Å². The Hall–Kier alpha value is -0.650. The first-order valence-corrected chi connectivity index (χ1v) is 6.38. The molecule has 2 aliphatic heterocycles. The molecule has 0 aromatic heterocycles. The number of aliphatic hydroxyl groups is 1. The van der Waals surface area contributed by atoms with Gasteiger partial charge in [-0.25, -0.2) is 0 Å². The topological polar surface area (TPSA) is 61.8 Å². The van der Waals surface area contributed by atoms with E-state index >= 15 is 0 Å². The Morgan fingerprint density at radius 1 is 1.65 bits per heavy atom. The fourth-order valence-electron chi connectivity index (χ4n) is 2.63. The summed E-state index contributed by atoms with van der Waals surface area (Å²) in [6.07, 6.45) is 1.78. The van der Waals surface area contributed by atoms with Crippen molar-refractivity contribution in [3.05, 3.63) is 0 Å². The molecule has 17 heavy (non-hydrogen) atoms. The largest absolute Gasteiger partial charge is 0.394 e. The Morgan fingerprint density at radius 2 is 2.47 bits per heavy atom. The van der Waals surface area contributed by atoms with Gasteiger partial charge in [-0.05, 0) is 26.3 Å². The van der Waals surface area contributed by atoms with E-state index in [1.54, 1.807) is 0 Å². The third-order valence-corrected chi connectivity index (χ3v) is 3.74. The van der Waals surface area contributed by atoms with Crippen LogP contribution in [0.25, 0.3) is 0 Å². The van der Waals surface area contributed by atoms with Crippen molar-refractivity contribution < 1.29 is 14.6 Å². The summed E-state index contributed by atoms with van der Waals surface area (Å²) in [5.41, 5.74) is -0.282. The predicted molar refractivity (Wildman–Crippen MR) is 63.6 cm³/mol. The number of rotatable bonds is 2. The Morgan fingerprint density at radius 3 is 3.12 bits per heavy atom. The summed E-state index contributed by atoms with van der Waals surface area (Å²) in [5, 5.41) is 12.4. The Labute approximate surface area is 102 Å². The standard InChI is InChI=1S/C12H22N2O3/c1-12(3-2-4-13-9-12)11(16)14-5-6-17-10(7-14)8-15/h10,13,15H,2-9H2,1H3. The predicted octanol–water partition coefficient (Wildman–Crippen LogP) is -0.404. The minimum absolute atomic E-state index is 0.0151. The molecule has 2 saturated heterocycles. The zero-order valence-corrected chi connectivity index (χ0v) is 10.4. The second-order valence-corrected chi connectivity index (χ2v) is 5.27. The minimum Gasteiger partial charge on any atom is -0.394 e. The van der Waals surface area contributed by atoms with Crippen LogP contribution in [0.4, 0.5) is 0 Å². The molecule has 0 spiro atoms. The van der Waals surface area contributed by atoms with Gasteiger partial charge >= 0.3 is 0 Å². The van der Waals surface area contributed by atoms with E-state index in [0.717, 1.165) is 25.9 Å². The van der Waals surface area contributed by atoms with E-state index in [1.165, 1.54) is 0 Å². The van der Waals surface area contributed by atoms with Gasteiger partial charge in [-0.3, -0.25) is 4.79 Å². The van der Waals surface area contributed by atoms with Crippen LogP contribution in [-0.4, -0.2) is 61.4 Å². The Balaban J connectivity index is 1.98. The summed E-state index contributed by atoms with van der Waals surface area (Å²) < 4.78 is 5.37. The molecule has 0 radical (unpaired) electrons. The van der Waals surface area contributed by atoms with Crippen LogP contribution >= 0.6 is 0 Å². The Bertz CT molecular complexity index is 277. The van der Waals surface area contributed by atoms with Crippen molar-refractivity contribution in [3.63, 3.8) is 0 Å². The van der Waals surface area contributed by atoms with Crippen molar-refractivity contribution in [2.24, 2.45) is 5.41 Å². The first-order valence-electron chi connectivity index (χ1n) is 6.38. The van der Waals surface area contributed by atoms with Gasteiger partial charge in [0.15, 0.2) is 0 Å². The summed E-state index contributed by atoms with van der Waals surface area (Å²) in [6, 6.07) is 0. The van der Waals surface area contributed by atoms with E-state index in [0.29, 0.717) is 19.7 Å². The molecule has 0 aromatic rings. The molecule has 2 rings (SSSR count). The maximum Gasteiger partial charge on any atom is 0.229 e. The van der Waals surface area contributed by atoms with Crippen molar-refractivity contribution in [2.45, 2.75) is 25.9 Å². The van der Waals surface area contributed by atoms with Crippen LogP contribution in [0.3, 0.4) is 0 Å². The molecule has 2 heterocycles. The van der Waals surface area contributed by atoms with Gasteiger partial charge in [0.2, 0.25) is 5.91 Å². The molecule has 5 nitrogen and oxygen atoms in total. The summed E-state index contributed by atoms with van der Waals surface area (Å²) in [5.74, 6) is 0.200. The number of hydrogen-bond acceptors (Lipinski definition) is 4. The van der Waals surface area contributed by atoms with Gasteiger partial charge in [-0.15, -0.1) is 0 Å². The van der Waals surface area contributed by atoms with Gasteiger partial charge in [0.05, 0.1) is 24.7 Å². The SMILES string of the molecule is CC1(C(=O)N2CCOC(CO)C2)CCCNC1. The number of aliphatic hydroxyl groups excluding tert-OH is 1. The van der Waals surface area contributed by atoms with Crippen LogP contribution in [0.1, 0.15) is 19.8 Å². The fourth-order valence-corrected chi connectivity index (χ4v) is 2.63. The van der Waals surface area contributed by atoms with Gasteiger partial charge in [0.25, 0.3) is 0 Å². The van der Waals surface area contributed by atoms with E-state index in [1.807, 2.05) is 11.8 Å². The van der Waals surface area contributed by atoms with Crippen LogP contribution in [-0.2, 0) is 9.53 Å². The van der Waals surface area contributed by atoms with Gasteiger partial charge in [0, 0.05) is 19.6 Å². The maximum atomic E-state index is 12.5. The van der Waals surface area contributed by atoms with E-state index in [-0.39, 0.29) is 24.0 Å². The van der Waals surface area contributed by atoms with Crippen molar-refractivity contribution in [3.8, 4) is 0 Å². The number of piperidine rings is 1. The van der Waals surface area contributed by atoms with Crippen LogP contribution in [0.15, 0.2) is 0 Å². The molecule has 2 N–H and O–H groups in total.